The number of thioether (sulfide) groups is 1. The van der Waals surface area contributed by atoms with E-state index in [1.54, 1.807) is 24.2 Å². The number of nitrogens with one attached hydrogen (secondary N) is 1. The Hall–Kier alpha value is -2.38. The third kappa shape index (κ3) is 7.80. The van der Waals surface area contributed by atoms with Crippen molar-refractivity contribution in [3.63, 3.8) is 0 Å². The Bertz CT molecular complexity index is 1140. The molecule has 0 spiro atoms. The van der Waals surface area contributed by atoms with Gasteiger partial charge in [0.05, 0.1) is 10.7 Å². The highest BCUT2D eigenvalue weighted by molar-refractivity contribution is 9.10. The third-order valence-electron chi connectivity index (χ3n) is 6.03. The summed E-state index contributed by atoms with van der Waals surface area (Å²) in [6.07, 6.45) is 13.4. The fourth-order valence-corrected chi connectivity index (χ4v) is 4.61. The molecule has 0 saturated heterocycles. The van der Waals surface area contributed by atoms with Crippen LogP contribution < -0.4 is 5.32 Å². The van der Waals surface area contributed by atoms with Crippen LogP contribution in [-0.2, 0) is 13.0 Å². The second kappa shape index (κ2) is 14.2. The van der Waals surface area contributed by atoms with E-state index in [4.69, 9.17) is 4.98 Å². The van der Waals surface area contributed by atoms with Gasteiger partial charge < -0.3 is 5.32 Å². The van der Waals surface area contributed by atoms with Gasteiger partial charge in [0.15, 0.2) is 5.65 Å². The molecule has 1 aromatic carbocycles. The number of rotatable bonds is 10. The van der Waals surface area contributed by atoms with Crippen LogP contribution in [0.15, 0.2) is 70.4 Å². The van der Waals surface area contributed by atoms with Crippen molar-refractivity contribution in [3.05, 3.63) is 82.3 Å². The van der Waals surface area contributed by atoms with Gasteiger partial charge in [-0.05, 0) is 70.8 Å². The topological polar surface area (TPSA) is 55.1 Å². The Morgan fingerprint density at radius 1 is 1.06 bits per heavy atom. The van der Waals surface area contributed by atoms with Crippen molar-refractivity contribution in [1.29, 1.82) is 0 Å². The first kappa shape index (κ1) is 27.2. The molecule has 0 bridgehead atoms. The monoisotopic (exact) mass is 553 g/mol. The first-order chi connectivity index (χ1) is 17.1. The average Bonchev–Trinajstić information content (AvgIpc) is 3.29. The molecular formula is C28H36BrN5S. The number of aromatic nitrogens is 4. The van der Waals surface area contributed by atoms with E-state index >= 15 is 0 Å². The summed E-state index contributed by atoms with van der Waals surface area (Å²) in [5.74, 6) is 1.44. The molecule has 7 heteroatoms. The van der Waals surface area contributed by atoms with Crippen LogP contribution in [0.5, 0.6) is 0 Å². The first-order valence-corrected chi connectivity index (χ1v) is 14.4. The molecule has 1 N–H and O–H groups in total. The minimum absolute atomic E-state index is 0.477. The number of aryl methyl sites for hydroxylation is 1. The van der Waals surface area contributed by atoms with Crippen LogP contribution >= 0.6 is 27.7 Å². The summed E-state index contributed by atoms with van der Waals surface area (Å²) >= 11 is 5.36. The summed E-state index contributed by atoms with van der Waals surface area (Å²) in [6, 6.07) is 14.9. The van der Waals surface area contributed by atoms with Crippen molar-refractivity contribution in [1.82, 2.24) is 19.6 Å². The zero-order valence-electron chi connectivity index (χ0n) is 21.2. The van der Waals surface area contributed by atoms with Crippen molar-refractivity contribution in [2.24, 2.45) is 0 Å². The number of hydrogen-bond donors (Lipinski definition) is 1. The lowest BCUT2D eigenvalue weighted by Crippen LogP contribution is -2.10. The Balaban J connectivity index is 0.000000287. The molecule has 0 aliphatic rings. The van der Waals surface area contributed by atoms with E-state index in [-0.39, 0.29) is 0 Å². The van der Waals surface area contributed by atoms with Crippen LogP contribution in [0.25, 0.3) is 5.65 Å². The first-order valence-electron chi connectivity index (χ1n) is 12.4. The molecule has 1 unspecified atom stereocenters. The molecule has 0 saturated carbocycles. The fraction of sp³-hybridized carbons (Fsp3) is 0.393. The molecule has 3 aromatic heterocycles. The van der Waals surface area contributed by atoms with Gasteiger partial charge in [-0.1, -0.05) is 51.8 Å². The van der Waals surface area contributed by atoms with Crippen LogP contribution in [0.1, 0.15) is 69.2 Å². The normalized spacial score (nSPS) is 11.7. The number of benzene rings is 1. The third-order valence-corrected chi connectivity index (χ3v) is 7.33. The van der Waals surface area contributed by atoms with Crippen LogP contribution in [0.2, 0.25) is 0 Å². The predicted molar refractivity (Wildman–Crippen MR) is 152 cm³/mol. The van der Waals surface area contributed by atoms with Gasteiger partial charge in [0, 0.05) is 41.5 Å². The number of pyridine rings is 1. The maximum Gasteiger partial charge on any atom is 0.171 e. The van der Waals surface area contributed by atoms with Crippen LogP contribution in [0.4, 0.5) is 5.82 Å². The summed E-state index contributed by atoms with van der Waals surface area (Å²) in [7, 11) is 0. The number of anilines is 1. The molecule has 3 heterocycles. The molecule has 5 nitrogen and oxygen atoms in total. The number of nitrogens with zero attached hydrogens (tertiary/aromatic N) is 4. The Labute approximate surface area is 222 Å². The van der Waals surface area contributed by atoms with E-state index in [1.807, 2.05) is 16.8 Å². The maximum absolute atomic E-state index is 4.88. The van der Waals surface area contributed by atoms with E-state index in [0.717, 1.165) is 40.0 Å². The van der Waals surface area contributed by atoms with Crippen molar-refractivity contribution >= 4 is 39.2 Å². The van der Waals surface area contributed by atoms with Gasteiger partial charge in [-0.3, -0.25) is 4.98 Å². The quantitative estimate of drug-likeness (QED) is 0.201. The zero-order chi connectivity index (χ0) is 25.0. The summed E-state index contributed by atoms with van der Waals surface area (Å²) in [4.78, 5) is 10.4. The number of hydrogen-bond acceptors (Lipinski definition) is 5. The lowest BCUT2D eigenvalue weighted by molar-refractivity contribution is 0.557. The van der Waals surface area contributed by atoms with Gasteiger partial charge in [-0.2, -0.15) is 9.61 Å². The van der Waals surface area contributed by atoms with Crippen LogP contribution in [0, 0.1) is 0 Å². The highest BCUT2D eigenvalue weighted by Crippen LogP contribution is 2.29. The lowest BCUT2D eigenvalue weighted by Gasteiger charge is -2.17. The number of fused-ring (bicyclic) bond motifs is 1. The van der Waals surface area contributed by atoms with E-state index in [0.29, 0.717) is 12.5 Å². The molecule has 4 aromatic rings. The lowest BCUT2D eigenvalue weighted by atomic mass is 9.95. The van der Waals surface area contributed by atoms with Gasteiger partial charge in [0.2, 0.25) is 0 Å². The number of halogens is 1. The average molecular weight is 555 g/mol. The van der Waals surface area contributed by atoms with Crippen molar-refractivity contribution in [2.75, 3.05) is 11.6 Å². The van der Waals surface area contributed by atoms with Crippen LogP contribution in [0.3, 0.4) is 0 Å². The molecular weight excluding hydrogens is 518 g/mol. The molecule has 1 atom stereocenters. The second-order valence-corrected chi connectivity index (χ2v) is 10.2. The molecule has 0 fully saturated rings. The van der Waals surface area contributed by atoms with Crippen molar-refractivity contribution in [2.45, 2.75) is 70.2 Å². The van der Waals surface area contributed by atoms with E-state index in [2.05, 4.69) is 94.8 Å². The molecule has 4 rings (SSSR count). The number of unbranched alkanes of at least 4 members (excludes halogenated alkanes) is 1. The van der Waals surface area contributed by atoms with Gasteiger partial charge in [0.1, 0.15) is 5.82 Å². The van der Waals surface area contributed by atoms with E-state index in [1.165, 1.54) is 29.7 Å². The summed E-state index contributed by atoms with van der Waals surface area (Å²) < 4.78 is 2.78. The molecule has 0 aliphatic heterocycles. The highest BCUT2D eigenvalue weighted by atomic mass is 79.9. The fourth-order valence-electron chi connectivity index (χ4n) is 3.86. The summed E-state index contributed by atoms with van der Waals surface area (Å²) in [6.45, 7) is 7.35. The van der Waals surface area contributed by atoms with Gasteiger partial charge in [-0.15, -0.1) is 11.8 Å². The summed E-state index contributed by atoms with van der Waals surface area (Å²) in [5.41, 5.74) is 4.55. The largest absolute Gasteiger partial charge is 0.366 e. The van der Waals surface area contributed by atoms with Gasteiger partial charge >= 0.3 is 0 Å². The van der Waals surface area contributed by atoms with Crippen molar-refractivity contribution in [3.8, 4) is 0 Å². The Morgan fingerprint density at radius 3 is 2.49 bits per heavy atom. The zero-order valence-corrected chi connectivity index (χ0v) is 23.6. The minimum Gasteiger partial charge on any atom is -0.366 e. The molecule has 0 aliphatic carbocycles. The molecule has 0 amide bonds. The Kier molecular flexibility index (Phi) is 11.1. The molecule has 0 radical (unpaired) electrons. The minimum atomic E-state index is 0.477. The van der Waals surface area contributed by atoms with Gasteiger partial charge in [-0.25, -0.2) is 4.98 Å². The molecule has 35 heavy (non-hydrogen) atoms. The van der Waals surface area contributed by atoms with Crippen molar-refractivity contribution < 1.29 is 0 Å². The van der Waals surface area contributed by atoms with E-state index < -0.39 is 0 Å². The SMILES string of the molecule is CCCCC(CC)c1cc(NCc2cccnc2)n2ncc(Br)c2n1.CCc1ccc(SC)cc1. The molecule has 186 valence electrons. The smallest absolute Gasteiger partial charge is 0.171 e. The van der Waals surface area contributed by atoms with E-state index in [9.17, 15) is 0 Å². The van der Waals surface area contributed by atoms with Crippen LogP contribution in [-0.4, -0.2) is 25.8 Å². The second-order valence-electron chi connectivity index (χ2n) is 8.46. The standard InChI is InChI=1S/C19H24BrN5.C9H12S/c1-3-5-8-15(4-2)17-10-18(22-12-14-7-6-9-21-11-14)25-19(24-17)16(20)13-23-25;1-3-8-4-6-9(10-2)7-5-8/h6-7,9-11,13,15,22H,3-5,8,12H2,1-2H3;4-7H,3H2,1-2H3. The summed E-state index contributed by atoms with van der Waals surface area (Å²) in [5, 5.41) is 7.94. The predicted octanol–water partition coefficient (Wildman–Crippen LogP) is 8.15. The Morgan fingerprint density at radius 2 is 1.86 bits per heavy atom. The van der Waals surface area contributed by atoms with Gasteiger partial charge in [0.25, 0.3) is 0 Å². The maximum atomic E-state index is 4.88. The highest BCUT2D eigenvalue weighted by Gasteiger charge is 2.16.